The predicted octanol–water partition coefficient (Wildman–Crippen LogP) is 0.335. The lowest BCUT2D eigenvalue weighted by Gasteiger charge is -1.92. The minimum atomic E-state index is 0.750. The van der Waals surface area contributed by atoms with Crippen molar-refractivity contribution in [1.82, 2.24) is 0 Å². The highest BCUT2D eigenvalue weighted by molar-refractivity contribution is 4.17. The van der Waals surface area contributed by atoms with Gasteiger partial charge in [0.1, 0.15) is 0 Å². The standard InChI is InChI=1S/C6H15N.C2H7N/c1-3-5-7-6-4-2;1-2-3/h7H,3-6H2,1-2H3;2-3H2,1H3/p+1. The fraction of sp³-hybridized carbons (Fsp3) is 1.00. The summed E-state index contributed by atoms with van der Waals surface area (Å²) in [6.07, 6.45) is 2.61. The Labute approximate surface area is 65.2 Å². The minimum absolute atomic E-state index is 0.750. The molecule has 0 saturated heterocycles. The van der Waals surface area contributed by atoms with Crippen LogP contribution in [0.2, 0.25) is 0 Å². The quantitative estimate of drug-likeness (QED) is 0.553. The zero-order valence-corrected chi connectivity index (χ0v) is 7.69. The van der Waals surface area contributed by atoms with Gasteiger partial charge in [-0.3, -0.25) is 0 Å². The molecule has 0 aromatic carbocycles. The smallest absolute Gasteiger partial charge is 0.0752 e. The van der Waals surface area contributed by atoms with E-state index < -0.39 is 0 Å². The summed E-state index contributed by atoms with van der Waals surface area (Å²) in [5.74, 6) is 0. The Morgan fingerprint density at radius 3 is 1.50 bits per heavy atom. The molecule has 0 aliphatic heterocycles. The van der Waals surface area contributed by atoms with Crippen LogP contribution in [0.3, 0.4) is 0 Å². The lowest BCUT2D eigenvalue weighted by molar-refractivity contribution is -0.654. The van der Waals surface area contributed by atoms with E-state index in [-0.39, 0.29) is 0 Å². The van der Waals surface area contributed by atoms with E-state index in [4.69, 9.17) is 5.73 Å². The van der Waals surface area contributed by atoms with E-state index in [0.29, 0.717) is 0 Å². The van der Waals surface area contributed by atoms with Crippen LogP contribution in [0, 0.1) is 0 Å². The van der Waals surface area contributed by atoms with Crippen molar-refractivity contribution in [2.45, 2.75) is 33.6 Å². The van der Waals surface area contributed by atoms with Crippen molar-refractivity contribution >= 4 is 0 Å². The summed E-state index contributed by atoms with van der Waals surface area (Å²) in [6.45, 7) is 9.68. The van der Waals surface area contributed by atoms with E-state index in [0.717, 1.165) is 6.54 Å². The highest BCUT2D eigenvalue weighted by Gasteiger charge is 1.80. The van der Waals surface area contributed by atoms with Gasteiger partial charge >= 0.3 is 0 Å². The summed E-state index contributed by atoms with van der Waals surface area (Å²) < 4.78 is 0. The fourth-order valence-corrected chi connectivity index (χ4v) is 0.553. The molecule has 0 aromatic rings. The van der Waals surface area contributed by atoms with Gasteiger partial charge in [0.25, 0.3) is 0 Å². The van der Waals surface area contributed by atoms with Gasteiger partial charge in [-0.2, -0.15) is 0 Å². The second-order valence-electron chi connectivity index (χ2n) is 2.27. The van der Waals surface area contributed by atoms with E-state index in [1.54, 1.807) is 0 Å². The van der Waals surface area contributed by atoms with Crippen molar-refractivity contribution in [1.29, 1.82) is 0 Å². The molecule has 0 fully saturated rings. The molecule has 0 aliphatic carbocycles. The third kappa shape index (κ3) is 24.7. The predicted molar refractivity (Wildman–Crippen MR) is 47.0 cm³/mol. The van der Waals surface area contributed by atoms with Crippen LogP contribution in [0.25, 0.3) is 0 Å². The average molecular weight is 147 g/mol. The molecule has 2 nitrogen and oxygen atoms in total. The van der Waals surface area contributed by atoms with Crippen LogP contribution in [-0.4, -0.2) is 19.6 Å². The lowest BCUT2D eigenvalue weighted by Crippen LogP contribution is -2.84. The van der Waals surface area contributed by atoms with Crippen LogP contribution >= 0.6 is 0 Å². The zero-order chi connectivity index (χ0) is 8.24. The van der Waals surface area contributed by atoms with Crippen LogP contribution < -0.4 is 11.1 Å². The molecule has 0 radical (unpaired) electrons. The van der Waals surface area contributed by atoms with Gasteiger partial charge in [-0.1, -0.05) is 20.8 Å². The SMILES string of the molecule is CCC[NH2+]CCC.CCN. The van der Waals surface area contributed by atoms with Gasteiger partial charge in [0.15, 0.2) is 0 Å². The van der Waals surface area contributed by atoms with E-state index in [1.165, 1.54) is 25.9 Å². The van der Waals surface area contributed by atoms with E-state index >= 15 is 0 Å². The summed E-state index contributed by atoms with van der Waals surface area (Å²) in [4.78, 5) is 0. The third-order valence-electron chi connectivity index (χ3n) is 0.986. The van der Waals surface area contributed by atoms with Crippen LogP contribution in [0.5, 0.6) is 0 Å². The van der Waals surface area contributed by atoms with E-state index in [2.05, 4.69) is 19.2 Å². The molecule has 0 amide bonds. The fourth-order valence-electron chi connectivity index (χ4n) is 0.553. The molecule has 0 atom stereocenters. The van der Waals surface area contributed by atoms with Crippen molar-refractivity contribution in [3.8, 4) is 0 Å². The molecule has 4 N–H and O–H groups in total. The molecular weight excluding hydrogens is 124 g/mol. The maximum atomic E-state index is 4.85. The first-order valence-electron chi connectivity index (χ1n) is 4.35. The summed E-state index contributed by atoms with van der Waals surface area (Å²) in [5, 5.41) is 2.36. The van der Waals surface area contributed by atoms with Gasteiger partial charge in [0.05, 0.1) is 13.1 Å². The molecule has 0 aromatic heterocycles. The zero-order valence-electron chi connectivity index (χ0n) is 7.69. The first kappa shape index (κ1) is 12.6. The highest BCUT2D eigenvalue weighted by Crippen LogP contribution is 1.62. The molecule has 0 rings (SSSR count). The van der Waals surface area contributed by atoms with Crippen LogP contribution in [0.15, 0.2) is 0 Å². The lowest BCUT2D eigenvalue weighted by atomic mass is 10.4. The van der Waals surface area contributed by atoms with Crippen molar-refractivity contribution in [2.75, 3.05) is 19.6 Å². The van der Waals surface area contributed by atoms with Crippen LogP contribution in [0.1, 0.15) is 33.6 Å². The Morgan fingerprint density at radius 2 is 1.30 bits per heavy atom. The second-order valence-corrected chi connectivity index (χ2v) is 2.27. The Kier molecular flexibility index (Phi) is 20.1. The number of nitrogens with two attached hydrogens (primary N) is 2. The van der Waals surface area contributed by atoms with Gasteiger partial charge < -0.3 is 11.1 Å². The third-order valence-corrected chi connectivity index (χ3v) is 0.986. The van der Waals surface area contributed by atoms with Crippen molar-refractivity contribution in [3.05, 3.63) is 0 Å². The highest BCUT2D eigenvalue weighted by atomic mass is 14.8. The topological polar surface area (TPSA) is 42.6 Å². The van der Waals surface area contributed by atoms with Gasteiger partial charge in [-0.05, 0) is 19.4 Å². The van der Waals surface area contributed by atoms with Crippen LogP contribution in [-0.2, 0) is 0 Å². The molecule has 0 bridgehead atoms. The summed E-state index contributed by atoms with van der Waals surface area (Å²) >= 11 is 0. The molecule has 2 heteroatoms. The number of hydrogen-bond acceptors (Lipinski definition) is 1. The first-order chi connectivity index (χ1) is 4.83. The van der Waals surface area contributed by atoms with Gasteiger partial charge in [0, 0.05) is 0 Å². The molecule has 0 spiro atoms. The molecule has 64 valence electrons. The molecule has 0 unspecified atom stereocenters. The molecule has 0 heterocycles. The monoisotopic (exact) mass is 147 g/mol. The molecule has 10 heavy (non-hydrogen) atoms. The number of quaternary nitrogens is 1. The Hall–Kier alpha value is -0.0800. The second kappa shape index (κ2) is 16.0. The number of hydrogen-bond donors (Lipinski definition) is 2. The maximum absolute atomic E-state index is 4.85. The summed E-state index contributed by atoms with van der Waals surface area (Å²) in [7, 11) is 0. The van der Waals surface area contributed by atoms with Crippen molar-refractivity contribution in [2.24, 2.45) is 5.73 Å². The van der Waals surface area contributed by atoms with E-state index in [1.807, 2.05) is 6.92 Å². The summed E-state index contributed by atoms with van der Waals surface area (Å²) in [5.41, 5.74) is 4.85. The molecule has 0 saturated carbocycles. The van der Waals surface area contributed by atoms with Crippen molar-refractivity contribution in [3.63, 3.8) is 0 Å². The normalized spacial score (nSPS) is 8.40. The minimum Gasteiger partial charge on any atom is -0.346 e. The van der Waals surface area contributed by atoms with Crippen LogP contribution in [0.4, 0.5) is 0 Å². The Morgan fingerprint density at radius 1 is 1.00 bits per heavy atom. The Balaban J connectivity index is 0. The van der Waals surface area contributed by atoms with Gasteiger partial charge in [-0.25, -0.2) is 0 Å². The largest absolute Gasteiger partial charge is 0.346 e. The maximum Gasteiger partial charge on any atom is 0.0752 e. The number of rotatable bonds is 4. The van der Waals surface area contributed by atoms with Gasteiger partial charge in [0.2, 0.25) is 0 Å². The van der Waals surface area contributed by atoms with Gasteiger partial charge in [-0.15, -0.1) is 0 Å². The molecular formula is C8H23N2+. The first-order valence-corrected chi connectivity index (χ1v) is 4.35. The van der Waals surface area contributed by atoms with E-state index in [9.17, 15) is 0 Å². The summed E-state index contributed by atoms with van der Waals surface area (Å²) in [6, 6.07) is 0. The van der Waals surface area contributed by atoms with Crippen molar-refractivity contribution < 1.29 is 5.32 Å². The molecule has 0 aliphatic rings. The average Bonchev–Trinajstić information content (AvgIpc) is 1.91. The Bertz CT molecular complexity index is 34.2.